The summed E-state index contributed by atoms with van der Waals surface area (Å²) in [7, 11) is 4.68. The lowest BCUT2D eigenvalue weighted by Gasteiger charge is -2.14. The fourth-order valence-corrected chi connectivity index (χ4v) is 0.934. The van der Waals surface area contributed by atoms with Crippen LogP contribution in [0.15, 0.2) is 18.2 Å². The van der Waals surface area contributed by atoms with Crippen molar-refractivity contribution in [1.82, 2.24) is 5.32 Å². The van der Waals surface area contributed by atoms with Crippen LogP contribution in [0.5, 0.6) is 0 Å². The van der Waals surface area contributed by atoms with Crippen LogP contribution >= 0.6 is 0 Å². The van der Waals surface area contributed by atoms with E-state index in [9.17, 15) is 18.0 Å². The molecule has 4 nitrogen and oxygen atoms in total. The molecule has 1 amide bonds. The van der Waals surface area contributed by atoms with Crippen LogP contribution in [0.3, 0.4) is 0 Å². The summed E-state index contributed by atoms with van der Waals surface area (Å²) in [5.74, 6) is -2.33. The van der Waals surface area contributed by atoms with Gasteiger partial charge in [0.1, 0.15) is 0 Å². The first-order valence-corrected chi connectivity index (χ1v) is 8.17. The predicted octanol–water partition coefficient (Wildman–Crippen LogP) is 4.73. The third kappa shape index (κ3) is 18.4. The van der Waals surface area contributed by atoms with Gasteiger partial charge in [-0.25, -0.2) is 13.2 Å². The van der Waals surface area contributed by atoms with Gasteiger partial charge in [-0.2, -0.15) is 0 Å². The van der Waals surface area contributed by atoms with E-state index < -0.39 is 23.2 Å². The van der Waals surface area contributed by atoms with Gasteiger partial charge >= 0.3 is 0 Å². The highest BCUT2D eigenvalue weighted by Crippen LogP contribution is 2.13. The van der Waals surface area contributed by atoms with E-state index >= 15 is 0 Å². The van der Waals surface area contributed by atoms with E-state index in [1.165, 1.54) is 20.0 Å². The topological polar surface area (TPSA) is 64.3 Å². The molecule has 0 aromatic heterocycles. The third-order valence-electron chi connectivity index (χ3n) is 2.31. The van der Waals surface area contributed by atoms with Gasteiger partial charge in [0.05, 0.1) is 0 Å². The van der Waals surface area contributed by atoms with Crippen LogP contribution in [-0.4, -0.2) is 32.8 Å². The van der Waals surface area contributed by atoms with Gasteiger partial charge in [0.2, 0.25) is 0 Å². The van der Waals surface area contributed by atoms with Gasteiger partial charge in [-0.05, 0) is 31.5 Å². The van der Waals surface area contributed by atoms with E-state index in [2.05, 4.69) is 10.1 Å². The predicted molar refractivity (Wildman–Crippen MR) is 100 cm³/mol. The zero-order chi connectivity index (χ0) is 21.1. The number of nitrogens with one attached hydrogen (secondary N) is 1. The Kier molecular flexibility index (Phi) is 25.2. The molecule has 1 rings (SSSR count). The molecule has 150 valence electrons. The highest BCUT2D eigenvalue weighted by Gasteiger charge is 2.28. The lowest BCUT2D eigenvalue weighted by atomic mass is 10.1. The second-order valence-corrected chi connectivity index (χ2v) is 4.21. The summed E-state index contributed by atoms with van der Waals surface area (Å²) in [6.07, 6.45) is 0.215. The molecule has 25 heavy (non-hydrogen) atoms. The summed E-state index contributed by atoms with van der Waals surface area (Å²) in [6, 6.07) is 3.23. The number of halogens is 3. The average molecular weight is 368 g/mol. The number of hydrogen-bond donors (Lipinski definition) is 2. The van der Waals surface area contributed by atoms with Gasteiger partial charge in [-0.15, -0.1) is 0 Å². The van der Waals surface area contributed by atoms with Crippen LogP contribution < -0.4 is 11.1 Å². The van der Waals surface area contributed by atoms with Crippen molar-refractivity contribution < 1.29 is 22.7 Å². The monoisotopic (exact) mass is 368 g/mol. The van der Waals surface area contributed by atoms with E-state index in [0.29, 0.717) is 0 Å². The van der Waals surface area contributed by atoms with E-state index in [-0.39, 0.29) is 12.1 Å². The van der Waals surface area contributed by atoms with Crippen LogP contribution in [0.4, 0.5) is 18.9 Å². The van der Waals surface area contributed by atoms with Crippen molar-refractivity contribution >= 4 is 11.6 Å². The summed E-state index contributed by atoms with van der Waals surface area (Å²) in [5.41, 5.74) is 3.65. The van der Waals surface area contributed by atoms with E-state index in [0.717, 1.165) is 12.1 Å². The van der Waals surface area contributed by atoms with Gasteiger partial charge in [-0.3, -0.25) is 4.79 Å². The molecule has 0 spiro atoms. The smallest absolute Gasteiger partial charge is 0.257 e. The number of nitrogens with two attached hydrogens (primary N) is 1. The first kappa shape index (κ1) is 31.1. The molecule has 0 saturated heterocycles. The largest absolute Gasteiger partial charge is 0.399 e. The maximum absolute atomic E-state index is 12.8. The first-order valence-electron chi connectivity index (χ1n) is 8.17. The molecule has 0 heterocycles. The van der Waals surface area contributed by atoms with Crippen molar-refractivity contribution in [2.75, 3.05) is 27.0 Å². The lowest BCUT2D eigenvalue weighted by molar-refractivity contribution is -0.131. The number of nitrogen functional groups attached to an aromatic ring is 1. The fraction of sp³-hybridized carbons (Fsp3) is 0.611. The second-order valence-electron chi connectivity index (χ2n) is 4.21. The van der Waals surface area contributed by atoms with Gasteiger partial charge < -0.3 is 15.8 Å². The molecule has 0 aliphatic rings. The number of hydrogen-bond acceptors (Lipinski definition) is 3. The number of amides is 1. The number of anilines is 1. The molecule has 0 aliphatic heterocycles. The zero-order valence-electron chi connectivity index (χ0n) is 17.0. The first-order chi connectivity index (χ1) is 11.7. The van der Waals surface area contributed by atoms with E-state index in [4.69, 9.17) is 5.73 Å². The highest BCUT2D eigenvalue weighted by atomic mass is 19.2. The Morgan fingerprint density at radius 3 is 1.76 bits per heavy atom. The van der Waals surface area contributed by atoms with Crippen molar-refractivity contribution in [2.45, 2.75) is 53.6 Å². The summed E-state index contributed by atoms with van der Waals surface area (Å²) in [6.45, 7) is 10.9. The summed E-state index contributed by atoms with van der Waals surface area (Å²) in [5, 5.41) is 2.24. The minimum Gasteiger partial charge on any atom is -0.399 e. The number of carbonyl (C=O) groups excluding carboxylic acids is 1. The quantitative estimate of drug-likeness (QED) is 0.742. The number of benzene rings is 1. The summed E-state index contributed by atoms with van der Waals surface area (Å²) in [4.78, 5) is 10.6. The Bertz CT molecular complexity index is 429. The molecule has 0 radical (unpaired) electrons. The van der Waals surface area contributed by atoms with Crippen LogP contribution in [-0.2, 0) is 9.53 Å². The molecule has 0 unspecified atom stereocenters. The van der Waals surface area contributed by atoms with Crippen molar-refractivity contribution in [1.29, 1.82) is 0 Å². The lowest BCUT2D eigenvalue weighted by Crippen LogP contribution is -2.38. The Morgan fingerprint density at radius 2 is 1.56 bits per heavy atom. The molecule has 0 saturated carbocycles. The maximum Gasteiger partial charge on any atom is 0.257 e. The SMILES string of the molecule is CC.CC.CC[C@](C)(F)C(=O)NC.COC.Nc1ccc(F)c(F)c1. The summed E-state index contributed by atoms with van der Waals surface area (Å²) < 4.78 is 41.2. The summed E-state index contributed by atoms with van der Waals surface area (Å²) >= 11 is 0. The molecule has 0 bridgehead atoms. The molecule has 1 atom stereocenters. The molecule has 0 fully saturated rings. The number of ether oxygens (including phenoxy) is 1. The molecule has 1 aromatic carbocycles. The van der Waals surface area contributed by atoms with Crippen LogP contribution in [0.2, 0.25) is 0 Å². The molecular formula is C18H35F3N2O2. The number of alkyl halides is 1. The number of carbonyl (C=O) groups is 1. The Labute approximate surface area is 150 Å². The van der Waals surface area contributed by atoms with Crippen LogP contribution in [0.1, 0.15) is 48.0 Å². The van der Waals surface area contributed by atoms with Crippen LogP contribution in [0.25, 0.3) is 0 Å². The van der Waals surface area contributed by atoms with Crippen molar-refractivity contribution in [3.05, 3.63) is 29.8 Å². The van der Waals surface area contributed by atoms with E-state index in [1.807, 2.05) is 27.7 Å². The minimum absolute atomic E-state index is 0.215. The van der Waals surface area contributed by atoms with Gasteiger partial charge in [0.25, 0.3) is 5.91 Å². The normalized spacial score (nSPS) is 10.6. The van der Waals surface area contributed by atoms with Gasteiger partial charge in [0.15, 0.2) is 17.3 Å². The Hall–Kier alpha value is -1.76. The zero-order valence-corrected chi connectivity index (χ0v) is 17.0. The second kappa shape index (κ2) is 20.3. The molecule has 0 aliphatic carbocycles. The number of methoxy groups -OCH3 is 1. The Balaban J connectivity index is -0.000000130. The van der Waals surface area contributed by atoms with Crippen molar-refractivity contribution in [3.63, 3.8) is 0 Å². The van der Waals surface area contributed by atoms with Crippen molar-refractivity contribution in [2.24, 2.45) is 0 Å². The van der Waals surface area contributed by atoms with Crippen LogP contribution in [0, 0.1) is 11.6 Å². The maximum atomic E-state index is 12.8. The van der Waals surface area contributed by atoms with E-state index in [1.54, 1.807) is 21.1 Å². The fourth-order valence-electron chi connectivity index (χ4n) is 0.934. The van der Waals surface area contributed by atoms with Gasteiger partial charge in [-0.1, -0.05) is 34.6 Å². The molecule has 1 aromatic rings. The van der Waals surface area contributed by atoms with Crippen molar-refractivity contribution in [3.8, 4) is 0 Å². The minimum atomic E-state index is -1.70. The molecule has 7 heteroatoms. The molecular weight excluding hydrogens is 333 g/mol. The average Bonchev–Trinajstić information content (AvgIpc) is 2.62. The van der Waals surface area contributed by atoms with Gasteiger partial charge in [0, 0.05) is 27.0 Å². The Morgan fingerprint density at radius 1 is 1.16 bits per heavy atom. The molecule has 3 N–H and O–H groups in total. The third-order valence-corrected chi connectivity index (χ3v) is 2.31. The highest BCUT2D eigenvalue weighted by molar-refractivity contribution is 5.84. The standard InChI is InChI=1S/C6H5F2N.C6H12FNO.C2H6O.2C2H6/c7-5-2-1-4(9)3-6(5)8;1-4-6(2,7)5(9)8-3;1-3-2;2*1-2/h1-3H,9H2;4H2,1-3H3,(H,8,9);1-2H3;2*1-2H3/t;6-;;;/m.0.../s1. The number of rotatable bonds is 2.